The van der Waals surface area contributed by atoms with Crippen LogP contribution in [0.1, 0.15) is 46.1 Å². The third-order valence-electron chi connectivity index (χ3n) is 5.67. The number of hydrogen-bond acceptors (Lipinski definition) is 4. The highest BCUT2D eigenvalue weighted by atomic mass is 16.5. The largest absolute Gasteiger partial charge is 0.494 e. The van der Waals surface area contributed by atoms with Crippen LogP contribution in [0.2, 0.25) is 0 Å². The van der Waals surface area contributed by atoms with Gasteiger partial charge in [-0.25, -0.2) is 9.59 Å². The molecule has 1 aliphatic rings. The zero-order chi connectivity index (χ0) is 23.9. The van der Waals surface area contributed by atoms with Crippen molar-refractivity contribution in [1.29, 1.82) is 0 Å². The number of carboxylic acids is 1. The van der Waals surface area contributed by atoms with Crippen molar-refractivity contribution in [3.05, 3.63) is 47.6 Å². The Labute approximate surface area is 191 Å². The van der Waals surface area contributed by atoms with Crippen molar-refractivity contribution in [3.8, 4) is 11.5 Å². The van der Waals surface area contributed by atoms with E-state index in [9.17, 15) is 14.7 Å². The van der Waals surface area contributed by atoms with E-state index in [0.29, 0.717) is 31.2 Å². The van der Waals surface area contributed by atoms with Crippen LogP contribution in [-0.2, 0) is 4.79 Å². The molecule has 1 saturated heterocycles. The van der Waals surface area contributed by atoms with E-state index in [0.717, 1.165) is 18.4 Å². The molecule has 1 aliphatic heterocycles. The van der Waals surface area contributed by atoms with Gasteiger partial charge in [-0.15, -0.1) is 0 Å². The van der Waals surface area contributed by atoms with Gasteiger partial charge in [-0.2, -0.15) is 0 Å². The van der Waals surface area contributed by atoms with E-state index in [-0.39, 0.29) is 12.1 Å². The number of ether oxygens (including phenoxy) is 2. The van der Waals surface area contributed by atoms with Gasteiger partial charge in [0, 0.05) is 26.6 Å². The van der Waals surface area contributed by atoms with Crippen molar-refractivity contribution in [2.75, 3.05) is 26.7 Å². The second kappa shape index (κ2) is 11.1. The number of carboxylic acid groups (broad SMARTS) is 1. The van der Waals surface area contributed by atoms with E-state index >= 15 is 0 Å². The predicted octanol–water partition coefficient (Wildman–Crippen LogP) is 4.65. The Morgan fingerprint density at radius 3 is 2.66 bits per heavy atom. The minimum Gasteiger partial charge on any atom is -0.494 e. The second-order valence-electron chi connectivity index (χ2n) is 8.61. The van der Waals surface area contributed by atoms with Gasteiger partial charge in [0.25, 0.3) is 0 Å². The maximum Gasteiger partial charge on any atom is 0.347 e. The summed E-state index contributed by atoms with van der Waals surface area (Å²) in [6.07, 6.45) is 7.71. The number of hydrogen-bond donors (Lipinski definition) is 1. The summed E-state index contributed by atoms with van der Waals surface area (Å²) < 4.78 is 11.5. The van der Waals surface area contributed by atoms with Crippen LogP contribution in [0.15, 0.2) is 42.0 Å². The van der Waals surface area contributed by atoms with Gasteiger partial charge in [-0.05, 0) is 57.9 Å². The number of rotatable bonds is 11. The summed E-state index contributed by atoms with van der Waals surface area (Å²) in [5.74, 6) is 0.179. The first kappa shape index (κ1) is 25.3. The minimum absolute atomic E-state index is 0.0493. The first-order valence-electron chi connectivity index (χ1n) is 11.1. The highest BCUT2D eigenvalue weighted by Gasteiger charge is 2.34. The van der Waals surface area contributed by atoms with Crippen LogP contribution in [0.3, 0.4) is 0 Å². The Hall–Kier alpha value is -2.96. The Bertz CT molecular complexity index is 875. The van der Waals surface area contributed by atoms with Gasteiger partial charge >= 0.3 is 12.0 Å². The fraction of sp³-hybridized carbons (Fsp3) is 0.520. The normalized spacial score (nSPS) is 17.4. The maximum absolute atomic E-state index is 12.6. The van der Waals surface area contributed by atoms with Gasteiger partial charge in [0.05, 0.1) is 12.6 Å². The van der Waals surface area contributed by atoms with E-state index in [1.54, 1.807) is 17.0 Å². The first-order valence-corrected chi connectivity index (χ1v) is 11.1. The fourth-order valence-corrected chi connectivity index (χ4v) is 3.47. The molecule has 0 unspecified atom stereocenters. The zero-order valence-electron chi connectivity index (χ0n) is 20.1. The molecule has 0 spiro atoms. The van der Waals surface area contributed by atoms with Crippen LogP contribution in [0.5, 0.6) is 11.5 Å². The molecule has 1 aromatic carbocycles. The molecule has 1 fully saturated rings. The lowest BCUT2D eigenvalue weighted by atomic mass is 10.1. The van der Waals surface area contributed by atoms with Crippen molar-refractivity contribution in [3.63, 3.8) is 0 Å². The highest BCUT2D eigenvalue weighted by molar-refractivity contribution is 5.77. The van der Waals surface area contributed by atoms with Gasteiger partial charge < -0.3 is 24.4 Å². The Kier molecular flexibility index (Phi) is 8.75. The topological polar surface area (TPSA) is 79.3 Å². The van der Waals surface area contributed by atoms with E-state index in [2.05, 4.69) is 13.0 Å². The molecule has 0 bridgehead atoms. The molecule has 32 heavy (non-hydrogen) atoms. The van der Waals surface area contributed by atoms with E-state index in [4.69, 9.17) is 9.47 Å². The van der Waals surface area contributed by atoms with Crippen molar-refractivity contribution >= 4 is 12.0 Å². The molecule has 1 heterocycles. The molecule has 2 rings (SSSR count). The van der Waals surface area contributed by atoms with Gasteiger partial charge in [0.15, 0.2) is 5.60 Å². The lowest BCUT2D eigenvalue weighted by Crippen LogP contribution is -2.38. The molecule has 0 aliphatic carbocycles. The third kappa shape index (κ3) is 6.52. The first-order chi connectivity index (χ1) is 15.1. The maximum atomic E-state index is 12.6. The van der Waals surface area contributed by atoms with Crippen LogP contribution in [0.25, 0.3) is 0 Å². The van der Waals surface area contributed by atoms with Crippen molar-refractivity contribution in [2.24, 2.45) is 0 Å². The molecular formula is C25H36N2O5. The van der Waals surface area contributed by atoms with Gasteiger partial charge in [0.2, 0.25) is 0 Å². The summed E-state index contributed by atoms with van der Waals surface area (Å²) in [6.45, 7) is 10.8. The van der Waals surface area contributed by atoms with Crippen LogP contribution >= 0.6 is 0 Å². The smallest absolute Gasteiger partial charge is 0.347 e. The summed E-state index contributed by atoms with van der Waals surface area (Å²) in [5.41, 5.74) is 0.722. The van der Waals surface area contributed by atoms with Gasteiger partial charge in [0.1, 0.15) is 11.5 Å². The Morgan fingerprint density at radius 2 is 2.06 bits per heavy atom. The molecule has 2 amide bonds. The summed E-state index contributed by atoms with van der Waals surface area (Å²) in [6, 6.07) is 5.49. The van der Waals surface area contributed by atoms with Crippen LogP contribution in [-0.4, -0.2) is 65.3 Å². The molecule has 1 atom stereocenters. The SMILES string of the molecule is C/C=C\C=C(/CC)CN1C[C@H](CCOc2ccc(OC(C)(C)C(=O)O)c(C)c2)N(C)C1=O. The Morgan fingerprint density at radius 1 is 1.34 bits per heavy atom. The van der Waals surface area contributed by atoms with E-state index in [1.165, 1.54) is 19.4 Å². The number of carbonyl (C=O) groups excluding carboxylic acids is 1. The molecule has 0 saturated carbocycles. The monoisotopic (exact) mass is 444 g/mol. The summed E-state index contributed by atoms with van der Waals surface area (Å²) in [7, 11) is 1.84. The number of allylic oxidation sites excluding steroid dienone is 3. The number of aliphatic carboxylic acids is 1. The van der Waals surface area contributed by atoms with Crippen LogP contribution in [0.4, 0.5) is 4.79 Å². The fourth-order valence-electron chi connectivity index (χ4n) is 3.47. The second-order valence-corrected chi connectivity index (χ2v) is 8.61. The lowest BCUT2D eigenvalue weighted by molar-refractivity contribution is -0.152. The number of nitrogens with zero attached hydrogens (tertiary/aromatic N) is 2. The van der Waals surface area contributed by atoms with Crippen molar-refractivity contribution in [2.45, 2.75) is 59.1 Å². The summed E-state index contributed by atoms with van der Waals surface area (Å²) in [5, 5.41) is 9.24. The average Bonchev–Trinajstić information content (AvgIpc) is 3.00. The number of amides is 2. The van der Waals surface area contributed by atoms with Crippen LogP contribution < -0.4 is 9.47 Å². The van der Waals surface area contributed by atoms with Gasteiger partial charge in [-0.1, -0.05) is 30.7 Å². The minimum atomic E-state index is -1.31. The lowest BCUT2D eigenvalue weighted by Gasteiger charge is -2.23. The molecule has 7 heteroatoms. The number of carbonyl (C=O) groups is 2. The molecule has 1 N–H and O–H groups in total. The molecule has 0 radical (unpaired) electrons. The quantitative estimate of drug-likeness (QED) is 0.503. The third-order valence-corrected chi connectivity index (χ3v) is 5.67. The summed E-state index contributed by atoms with van der Waals surface area (Å²) in [4.78, 5) is 27.6. The molecular weight excluding hydrogens is 408 g/mol. The number of likely N-dealkylation sites (N-methyl/N-ethyl adjacent to an activating group) is 1. The summed E-state index contributed by atoms with van der Waals surface area (Å²) >= 11 is 0. The molecule has 7 nitrogen and oxygen atoms in total. The number of aryl methyl sites for hydroxylation is 1. The molecule has 1 aromatic rings. The van der Waals surface area contributed by atoms with E-state index < -0.39 is 11.6 Å². The predicted molar refractivity (Wildman–Crippen MR) is 125 cm³/mol. The van der Waals surface area contributed by atoms with Crippen molar-refractivity contribution < 1.29 is 24.2 Å². The molecule has 0 aromatic heterocycles. The average molecular weight is 445 g/mol. The van der Waals surface area contributed by atoms with Crippen molar-refractivity contribution in [1.82, 2.24) is 9.80 Å². The standard InChI is InChI=1S/C25H36N2O5/c1-7-9-10-19(8-2)16-27-17-20(26(6)24(27)30)13-14-31-21-11-12-22(18(3)15-21)32-25(4,5)23(28)29/h7,9-12,15,20H,8,13-14,16-17H2,1-6H3,(H,28,29)/b9-7-,19-10+/t20-/m0/s1. The zero-order valence-corrected chi connectivity index (χ0v) is 20.1. The number of benzene rings is 1. The van der Waals surface area contributed by atoms with E-state index in [1.807, 2.05) is 44.0 Å². The Balaban J connectivity index is 1.91. The van der Waals surface area contributed by atoms with Crippen LogP contribution in [0, 0.1) is 6.92 Å². The number of urea groups is 1. The van der Waals surface area contributed by atoms with Gasteiger partial charge in [-0.3, -0.25) is 0 Å². The highest BCUT2D eigenvalue weighted by Crippen LogP contribution is 2.27. The molecule has 176 valence electrons.